The van der Waals surface area contributed by atoms with Gasteiger partial charge in [0.05, 0.1) is 13.8 Å². The molecule has 170 valence electrons. The fourth-order valence-corrected chi connectivity index (χ4v) is 4.94. The molecule has 0 atom stereocenters. The highest BCUT2D eigenvalue weighted by Crippen LogP contribution is 2.34. The summed E-state index contributed by atoms with van der Waals surface area (Å²) in [5.74, 6) is -0.277. The molecule has 0 N–H and O–H groups in total. The molecule has 0 saturated carbocycles. The smallest absolute Gasteiger partial charge is 0.131 e. The van der Waals surface area contributed by atoms with Gasteiger partial charge in [-0.25, -0.2) is 4.39 Å². The van der Waals surface area contributed by atoms with Crippen LogP contribution in [0.1, 0.15) is 55.4 Å². The van der Waals surface area contributed by atoms with Gasteiger partial charge in [-0.15, -0.1) is 0 Å². The highest BCUT2D eigenvalue weighted by molar-refractivity contribution is 6.88. The molecule has 0 unspecified atom stereocenters. The standard InChI is InChI=1S/C29H38FNSi/c1-28(2,3)18-22-17-27(31-19-25(22)29(4,5)6)21-12-15-26(30)24(16-21)20-10-13-23(14-11-20)32(7,8)9/h10-17,19H,18H2,1-9H3/i18D2. The molecule has 0 saturated heterocycles. The highest BCUT2D eigenvalue weighted by atomic mass is 28.3. The largest absolute Gasteiger partial charge is 0.256 e. The summed E-state index contributed by atoms with van der Waals surface area (Å²) in [5.41, 5.74) is 3.46. The molecule has 0 spiro atoms. The normalized spacial score (nSPS) is 14.2. The Balaban J connectivity index is 2.15. The van der Waals surface area contributed by atoms with Crippen LogP contribution in [0.2, 0.25) is 19.6 Å². The number of hydrogen-bond acceptors (Lipinski definition) is 1. The third-order valence-corrected chi connectivity index (χ3v) is 7.61. The lowest BCUT2D eigenvalue weighted by molar-refractivity contribution is 0.406. The van der Waals surface area contributed by atoms with Gasteiger partial charge in [0.25, 0.3) is 0 Å². The monoisotopic (exact) mass is 449 g/mol. The Morgan fingerprint density at radius 2 is 1.47 bits per heavy atom. The lowest BCUT2D eigenvalue weighted by Crippen LogP contribution is -2.37. The van der Waals surface area contributed by atoms with E-state index in [1.807, 2.05) is 45.0 Å². The fourth-order valence-electron chi connectivity index (χ4n) is 3.77. The maximum Gasteiger partial charge on any atom is 0.131 e. The van der Waals surface area contributed by atoms with Gasteiger partial charge in [-0.05, 0) is 58.2 Å². The number of nitrogens with zero attached hydrogens (tertiary/aromatic N) is 1. The lowest BCUT2D eigenvalue weighted by Gasteiger charge is -2.27. The van der Waals surface area contributed by atoms with Gasteiger partial charge in [0.2, 0.25) is 0 Å². The van der Waals surface area contributed by atoms with Crippen LogP contribution >= 0.6 is 0 Å². The van der Waals surface area contributed by atoms with Crippen LogP contribution in [0.3, 0.4) is 0 Å². The zero-order valence-corrected chi connectivity index (χ0v) is 22.0. The van der Waals surface area contributed by atoms with E-state index in [0.717, 1.165) is 16.7 Å². The third-order valence-electron chi connectivity index (χ3n) is 5.55. The van der Waals surface area contributed by atoms with Gasteiger partial charge in [0.15, 0.2) is 0 Å². The number of benzene rings is 2. The van der Waals surface area contributed by atoms with E-state index in [1.165, 1.54) is 11.3 Å². The van der Waals surface area contributed by atoms with E-state index in [-0.39, 0.29) is 11.2 Å². The average molecular weight is 450 g/mol. The molecule has 0 fully saturated rings. The Morgan fingerprint density at radius 1 is 0.875 bits per heavy atom. The van der Waals surface area contributed by atoms with Crippen molar-refractivity contribution in [3.05, 3.63) is 71.7 Å². The van der Waals surface area contributed by atoms with Crippen LogP contribution in [0.4, 0.5) is 4.39 Å². The third kappa shape index (κ3) is 5.75. The Bertz CT molecular complexity index is 1180. The molecule has 1 heterocycles. The maximum absolute atomic E-state index is 14.9. The van der Waals surface area contributed by atoms with Crippen molar-refractivity contribution in [3.63, 3.8) is 0 Å². The first-order valence-electron chi connectivity index (χ1n) is 12.3. The minimum Gasteiger partial charge on any atom is -0.256 e. The van der Waals surface area contributed by atoms with Crippen molar-refractivity contribution < 1.29 is 7.13 Å². The van der Waals surface area contributed by atoms with Crippen molar-refractivity contribution in [2.75, 3.05) is 0 Å². The number of rotatable bonds is 4. The van der Waals surface area contributed by atoms with Gasteiger partial charge in [-0.2, -0.15) is 0 Å². The Hall–Kier alpha value is -2.26. The van der Waals surface area contributed by atoms with Crippen molar-refractivity contribution in [3.8, 4) is 22.4 Å². The van der Waals surface area contributed by atoms with Crippen molar-refractivity contribution in [2.24, 2.45) is 5.41 Å². The highest BCUT2D eigenvalue weighted by Gasteiger charge is 2.23. The lowest BCUT2D eigenvalue weighted by atomic mass is 9.79. The van der Waals surface area contributed by atoms with Gasteiger partial charge in [0, 0.05) is 20.1 Å². The molecule has 0 amide bonds. The summed E-state index contributed by atoms with van der Waals surface area (Å²) in [7, 11) is -1.43. The number of aromatic nitrogens is 1. The van der Waals surface area contributed by atoms with Crippen LogP contribution in [0.15, 0.2) is 54.7 Å². The van der Waals surface area contributed by atoms with Gasteiger partial charge >= 0.3 is 0 Å². The van der Waals surface area contributed by atoms with Crippen molar-refractivity contribution in [1.82, 2.24) is 4.98 Å². The summed E-state index contributed by atoms with van der Waals surface area (Å²) >= 11 is 0. The molecule has 1 aromatic heterocycles. The summed E-state index contributed by atoms with van der Waals surface area (Å²) in [6.07, 6.45) is 0.225. The quantitative estimate of drug-likeness (QED) is 0.368. The van der Waals surface area contributed by atoms with E-state index in [4.69, 9.17) is 7.73 Å². The Kier molecular flexibility index (Phi) is 5.79. The molecule has 1 nitrogen and oxygen atoms in total. The molecule has 0 aliphatic heterocycles. The van der Waals surface area contributed by atoms with E-state index < -0.39 is 19.9 Å². The summed E-state index contributed by atoms with van der Waals surface area (Å²) in [4.78, 5) is 4.70. The Labute approximate surface area is 198 Å². The fraction of sp³-hybridized carbons (Fsp3) is 0.414. The SMILES string of the molecule is [2H]C([2H])(c1cc(-c2ccc(F)c(-c3ccc([Si](C)(C)C)cc3)c2)ncc1C(C)(C)C)C(C)(C)C. The second-order valence-electron chi connectivity index (χ2n) is 11.8. The maximum atomic E-state index is 14.9. The van der Waals surface area contributed by atoms with E-state index >= 15 is 0 Å². The molecule has 0 bridgehead atoms. The average Bonchev–Trinajstić information content (AvgIpc) is 2.71. The first-order valence-corrected chi connectivity index (χ1v) is 14.8. The van der Waals surface area contributed by atoms with Crippen LogP contribution in [0.25, 0.3) is 22.4 Å². The topological polar surface area (TPSA) is 12.9 Å². The predicted octanol–water partition coefficient (Wildman–Crippen LogP) is 7.99. The predicted molar refractivity (Wildman–Crippen MR) is 140 cm³/mol. The molecule has 3 aromatic rings. The minimum atomic E-state index is -1.57. The summed E-state index contributed by atoms with van der Waals surface area (Å²) < 4.78 is 32.8. The molecular formula is C29H38FNSi. The van der Waals surface area contributed by atoms with Crippen molar-refractivity contribution in [2.45, 2.75) is 73.0 Å². The minimum absolute atomic E-state index is 0.258. The van der Waals surface area contributed by atoms with Crippen LogP contribution in [0, 0.1) is 11.2 Å². The van der Waals surface area contributed by atoms with E-state index in [1.54, 1.807) is 12.3 Å². The van der Waals surface area contributed by atoms with Crippen LogP contribution in [-0.2, 0) is 11.8 Å². The zero-order valence-electron chi connectivity index (χ0n) is 23.0. The zero-order chi connectivity index (χ0) is 25.7. The van der Waals surface area contributed by atoms with E-state index in [0.29, 0.717) is 16.8 Å². The van der Waals surface area contributed by atoms with Crippen molar-refractivity contribution >= 4 is 13.3 Å². The summed E-state index contributed by atoms with van der Waals surface area (Å²) in [5, 5.41) is 1.33. The van der Waals surface area contributed by atoms with E-state index in [9.17, 15) is 4.39 Å². The van der Waals surface area contributed by atoms with E-state index in [2.05, 4.69) is 52.5 Å². The van der Waals surface area contributed by atoms with Gasteiger partial charge < -0.3 is 0 Å². The Morgan fingerprint density at radius 3 is 2.00 bits per heavy atom. The number of pyridine rings is 1. The summed E-state index contributed by atoms with van der Waals surface area (Å²) in [6.45, 7) is 18.9. The van der Waals surface area contributed by atoms with Gasteiger partial charge in [0.1, 0.15) is 5.82 Å². The first kappa shape index (κ1) is 21.6. The van der Waals surface area contributed by atoms with Crippen LogP contribution in [0.5, 0.6) is 0 Å². The van der Waals surface area contributed by atoms with Crippen LogP contribution in [-0.4, -0.2) is 13.1 Å². The number of hydrogen-bond donors (Lipinski definition) is 0. The number of halogens is 1. The first-order chi connectivity index (χ1) is 15.4. The molecule has 0 aliphatic rings. The molecule has 0 aliphatic carbocycles. The van der Waals surface area contributed by atoms with Crippen LogP contribution < -0.4 is 5.19 Å². The molecule has 2 aromatic carbocycles. The van der Waals surface area contributed by atoms with Gasteiger partial charge in [-0.3, -0.25) is 4.98 Å². The molecular weight excluding hydrogens is 409 g/mol. The molecule has 3 rings (SSSR count). The summed E-state index contributed by atoms with van der Waals surface area (Å²) in [6, 6.07) is 15.1. The second-order valence-corrected chi connectivity index (χ2v) is 16.8. The van der Waals surface area contributed by atoms with Crippen molar-refractivity contribution in [1.29, 1.82) is 0 Å². The molecule has 0 radical (unpaired) electrons. The molecule has 3 heteroatoms. The second kappa shape index (κ2) is 8.59. The van der Waals surface area contributed by atoms with Gasteiger partial charge in [-0.1, -0.05) is 90.6 Å². The molecule has 32 heavy (non-hydrogen) atoms.